The van der Waals surface area contributed by atoms with E-state index in [1.165, 1.54) is 30.0 Å². The van der Waals surface area contributed by atoms with Crippen LogP contribution >= 0.6 is 11.6 Å². The molecule has 3 aromatic heterocycles. The summed E-state index contributed by atoms with van der Waals surface area (Å²) >= 11 is 5.95. The number of hydrogen-bond donors (Lipinski definition) is 0. The fraction of sp³-hybridized carbons (Fsp3) is 0.294. The molecular formula is C17H16ClF3N8O. The SMILES string of the molecule is CC(c1ncnn1-c1ncccn1)N(C)C(=O)N(C)c1ncc(C(F)(F)F)cc1Cl. The molecule has 0 saturated heterocycles. The normalized spacial score (nSPS) is 12.5. The lowest BCUT2D eigenvalue weighted by molar-refractivity contribution is -0.137. The zero-order chi connectivity index (χ0) is 22.1. The highest BCUT2D eigenvalue weighted by molar-refractivity contribution is 6.33. The van der Waals surface area contributed by atoms with Crippen LogP contribution in [0.1, 0.15) is 24.4 Å². The Kier molecular flexibility index (Phi) is 5.87. The van der Waals surface area contributed by atoms with Crippen LogP contribution in [0.3, 0.4) is 0 Å². The Bertz CT molecular complexity index is 1040. The average molecular weight is 441 g/mol. The van der Waals surface area contributed by atoms with Crippen LogP contribution < -0.4 is 4.90 Å². The first-order valence-electron chi connectivity index (χ1n) is 8.51. The van der Waals surface area contributed by atoms with Crippen molar-refractivity contribution in [2.45, 2.75) is 19.1 Å². The molecule has 3 rings (SSSR count). The maximum absolute atomic E-state index is 12.9. The summed E-state index contributed by atoms with van der Waals surface area (Å²) < 4.78 is 39.8. The van der Waals surface area contributed by atoms with Gasteiger partial charge in [0.1, 0.15) is 6.33 Å². The molecule has 0 aliphatic rings. The molecule has 2 amide bonds. The predicted octanol–water partition coefficient (Wildman–Crippen LogP) is 3.37. The van der Waals surface area contributed by atoms with Gasteiger partial charge in [-0.2, -0.15) is 23.0 Å². The van der Waals surface area contributed by atoms with Gasteiger partial charge in [-0.05, 0) is 19.1 Å². The molecule has 0 saturated carbocycles. The number of carbonyl (C=O) groups excluding carboxylic acids is 1. The molecule has 13 heteroatoms. The van der Waals surface area contributed by atoms with Crippen molar-refractivity contribution in [2.75, 3.05) is 19.0 Å². The van der Waals surface area contributed by atoms with Crippen molar-refractivity contribution in [3.8, 4) is 5.95 Å². The molecule has 0 aromatic carbocycles. The van der Waals surface area contributed by atoms with Crippen molar-refractivity contribution in [2.24, 2.45) is 0 Å². The van der Waals surface area contributed by atoms with Crippen LogP contribution in [0.5, 0.6) is 0 Å². The number of aromatic nitrogens is 6. The Labute approximate surface area is 174 Å². The largest absolute Gasteiger partial charge is 0.417 e. The van der Waals surface area contributed by atoms with Crippen molar-refractivity contribution in [3.05, 3.63) is 53.5 Å². The molecule has 0 bridgehead atoms. The van der Waals surface area contributed by atoms with Gasteiger partial charge in [0.25, 0.3) is 5.95 Å². The van der Waals surface area contributed by atoms with Crippen molar-refractivity contribution in [3.63, 3.8) is 0 Å². The summed E-state index contributed by atoms with van der Waals surface area (Å²) in [7, 11) is 2.87. The van der Waals surface area contributed by atoms with E-state index in [4.69, 9.17) is 11.6 Å². The monoisotopic (exact) mass is 440 g/mol. The molecule has 0 aliphatic heterocycles. The minimum absolute atomic E-state index is 0.110. The lowest BCUT2D eigenvalue weighted by atomic mass is 10.2. The Morgan fingerprint density at radius 2 is 1.83 bits per heavy atom. The second-order valence-corrected chi connectivity index (χ2v) is 6.64. The van der Waals surface area contributed by atoms with Gasteiger partial charge in [-0.15, -0.1) is 0 Å². The molecule has 0 aliphatic carbocycles. The fourth-order valence-electron chi connectivity index (χ4n) is 2.59. The van der Waals surface area contributed by atoms with Gasteiger partial charge in [-0.1, -0.05) is 11.6 Å². The minimum atomic E-state index is -4.59. The molecule has 3 aromatic rings. The zero-order valence-corrected chi connectivity index (χ0v) is 16.8. The molecule has 0 radical (unpaired) electrons. The predicted molar refractivity (Wildman–Crippen MR) is 101 cm³/mol. The first-order chi connectivity index (χ1) is 14.1. The third-order valence-corrected chi connectivity index (χ3v) is 4.60. The summed E-state index contributed by atoms with van der Waals surface area (Å²) in [5.41, 5.74) is -1.00. The summed E-state index contributed by atoms with van der Waals surface area (Å²) in [6.45, 7) is 1.71. The molecule has 3 heterocycles. The Balaban J connectivity index is 1.83. The molecule has 30 heavy (non-hydrogen) atoms. The lowest BCUT2D eigenvalue weighted by Crippen LogP contribution is -2.41. The van der Waals surface area contributed by atoms with Crippen molar-refractivity contribution in [1.29, 1.82) is 0 Å². The number of nitrogens with zero attached hydrogens (tertiary/aromatic N) is 8. The van der Waals surface area contributed by atoms with E-state index >= 15 is 0 Å². The number of halogens is 4. The summed E-state index contributed by atoms with van der Waals surface area (Å²) in [6, 6.07) is 1.22. The standard InChI is InChI=1S/C17H16ClF3N8O/c1-10(13-25-9-26-29(13)15-22-5-4-6-23-15)27(2)16(30)28(3)14-12(18)7-11(8-24-14)17(19,20)21/h4-10H,1-3H3. The fourth-order valence-corrected chi connectivity index (χ4v) is 2.88. The van der Waals surface area contributed by atoms with Gasteiger partial charge in [-0.25, -0.2) is 24.7 Å². The number of pyridine rings is 1. The number of anilines is 1. The van der Waals surface area contributed by atoms with Gasteiger partial charge in [-0.3, -0.25) is 4.90 Å². The van der Waals surface area contributed by atoms with Gasteiger partial charge in [0, 0.05) is 32.7 Å². The number of amides is 2. The number of carbonyl (C=O) groups is 1. The molecule has 0 fully saturated rings. The van der Waals surface area contributed by atoms with Gasteiger partial charge < -0.3 is 4.90 Å². The van der Waals surface area contributed by atoms with Crippen molar-refractivity contribution in [1.82, 2.24) is 34.6 Å². The summed E-state index contributed by atoms with van der Waals surface area (Å²) in [4.78, 5) is 31.4. The Morgan fingerprint density at radius 3 is 2.43 bits per heavy atom. The summed E-state index contributed by atoms with van der Waals surface area (Å²) in [5.74, 6) is 0.553. The maximum atomic E-state index is 12.9. The topological polar surface area (TPSA) is 92.9 Å². The van der Waals surface area contributed by atoms with Gasteiger partial charge in [0.2, 0.25) is 0 Å². The second-order valence-electron chi connectivity index (χ2n) is 6.23. The maximum Gasteiger partial charge on any atom is 0.417 e. The summed E-state index contributed by atoms with van der Waals surface area (Å²) in [5, 5.41) is 3.78. The van der Waals surface area contributed by atoms with E-state index in [1.54, 1.807) is 25.4 Å². The third-order valence-electron chi connectivity index (χ3n) is 4.33. The highest BCUT2D eigenvalue weighted by Crippen LogP contribution is 2.33. The highest BCUT2D eigenvalue weighted by Gasteiger charge is 2.33. The van der Waals surface area contributed by atoms with E-state index in [1.807, 2.05) is 0 Å². The quantitative estimate of drug-likeness (QED) is 0.617. The molecule has 9 nitrogen and oxygen atoms in total. The lowest BCUT2D eigenvalue weighted by Gasteiger charge is -2.29. The van der Waals surface area contributed by atoms with E-state index in [0.717, 1.165) is 11.0 Å². The van der Waals surface area contributed by atoms with E-state index in [-0.39, 0.29) is 16.8 Å². The smallest absolute Gasteiger partial charge is 0.317 e. The van der Waals surface area contributed by atoms with Gasteiger partial charge in [0.05, 0.1) is 16.6 Å². The first-order valence-corrected chi connectivity index (χ1v) is 8.89. The molecule has 0 N–H and O–H groups in total. The minimum Gasteiger partial charge on any atom is -0.317 e. The van der Waals surface area contributed by atoms with Crippen LogP contribution in [0.15, 0.2) is 37.1 Å². The van der Waals surface area contributed by atoms with Crippen LogP contribution in [0.25, 0.3) is 5.95 Å². The van der Waals surface area contributed by atoms with E-state index < -0.39 is 23.8 Å². The molecule has 158 valence electrons. The Hall–Kier alpha value is -3.28. The zero-order valence-electron chi connectivity index (χ0n) is 16.0. The van der Waals surface area contributed by atoms with E-state index in [9.17, 15) is 18.0 Å². The molecule has 0 spiro atoms. The number of urea groups is 1. The van der Waals surface area contributed by atoms with Crippen molar-refractivity contribution < 1.29 is 18.0 Å². The van der Waals surface area contributed by atoms with Crippen LogP contribution in [0.4, 0.5) is 23.8 Å². The van der Waals surface area contributed by atoms with Crippen LogP contribution in [0, 0.1) is 0 Å². The number of rotatable bonds is 4. The molecular weight excluding hydrogens is 425 g/mol. The van der Waals surface area contributed by atoms with Crippen LogP contribution in [-0.4, -0.2) is 54.7 Å². The van der Waals surface area contributed by atoms with Crippen molar-refractivity contribution >= 4 is 23.4 Å². The molecule has 1 atom stereocenters. The number of hydrogen-bond acceptors (Lipinski definition) is 6. The summed E-state index contributed by atoms with van der Waals surface area (Å²) in [6.07, 6.45) is 0.418. The first kappa shape index (κ1) is 21.4. The van der Waals surface area contributed by atoms with Crippen LogP contribution in [-0.2, 0) is 6.18 Å². The number of alkyl halides is 3. The van der Waals surface area contributed by atoms with E-state index in [0.29, 0.717) is 12.0 Å². The second kappa shape index (κ2) is 8.22. The van der Waals surface area contributed by atoms with E-state index in [2.05, 4.69) is 25.0 Å². The van der Waals surface area contributed by atoms with Gasteiger partial charge >= 0.3 is 12.2 Å². The average Bonchev–Trinajstić information content (AvgIpc) is 3.21. The Morgan fingerprint density at radius 1 is 1.17 bits per heavy atom. The van der Waals surface area contributed by atoms with Gasteiger partial charge in [0.15, 0.2) is 11.6 Å². The molecule has 1 unspecified atom stereocenters. The third kappa shape index (κ3) is 4.17. The highest BCUT2D eigenvalue weighted by atomic mass is 35.5. The van der Waals surface area contributed by atoms with Crippen LogP contribution in [0.2, 0.25) is 5.02 Å².